The fourth-order valence-corrected chi connectivity index (χ4v) is 2.89. The predicted molar refractivity (Wildman–Crippen MR) is 93.8 cm³/mol. The monoisotopic (exact) mass is 451 g/mol. The maximum atomic E-state index is 10.2. The third kappa shape index (κ3) is 3.72. The molecular weight excluding hydrogens is 445 g/mol. The summed E-state index contributed by atoms with van der Waals surface area (Å²) in [5.74, 6) is 0.329. The van der Waals surface area contributed by atoms with Gasteiger partial charge in [-0.15, -0.1) is 0 Å². The van der Waals surface area contributed by atoms with E-state index in [1.54, 1.807) is 24.3 Å². The molecule has 2 rings (SSSR count). The first kappa shape index (κ1) is 16.6. The zero-order valence-electron chi connectivity index (χ0n) is 10.7. The van der Waals surface area contributed by atoms with E-state index in [4.69, 9.17) is 27.9 Å². The standard InChI is InChI=1S/C14H9Br2Cl2NO2/c1-21-12-5-9(15)13(16)8(14(12)20)6-19-11-3-2-7(17)4-10(11)18/h2-6,20H,1H3. The molecule has 1 N–H and O–H groups in total. The number of aliphatic imine (C=N–C) groups is 1. The van der Waals surface area contributed by atoms with Crippen LogP contribution in [0.4, 0.5) is 5.69 Å². The van der Waals surface area contributed by atoms with Crippen LogP contribution in [-0.2, 0) is 0 Å². The number of methoxy groups -OCH3 is 1. The molecule has 7 heteroatoms. The van der Waals surface area contributed by atoms with Gasteiger partial charge in [-0.1, -0.05) is 23.2 Å². The van der Waals surface area contributed by atoms with Crippen molar-refractivity contribution < 1.29 is 9.84 Å². The van der Waals surface area contributed by atoms with Crippen LogP contribution in [0.3, 0.4) is 0 Å². The first-order valence-corrected chi connectivity index (χ1v) is 8.02. The van der Waals surface area contributed by atoms with Crippen molar-refractivity contribution in [2.75, 3.05) is 7.11 Å². The van der Waals surface area contributed by atoms with E-state index >= 15 is 0 Å². The molecule has 0 atom stereocenters. The van der Waals surface area contributed by atoms with Crippen LogP contribution in [0.25, 0.3) is 0 Å². The molecule has 0 saturated carbocycles. The van der Waals surface area contributed by atoms with Crippen LogP contribution in [0.2, 0.25) is 10.0 Å². The molecule has 21 heavy (non-hydrogen) atoms. The van der Waals surface area contributed by atoms with Crippen LogP contribution in [-0.4, -0.2) is 18.4 Å². The van der Waals surface area contributed by atoms with Gasteiger partial charge in [0.2, 0.25) is 0 Å². The summed E-state index contributed by atoms with van der Waals surface area (Å²) in [5, 5.41) is 11.1. The highest BCUT2D eigenvalue weighted by molar-refractivity contribution is 9.13. The van der Waals surface area contributed by atoms with Crippen molar-refractivity contribution >= 4 is 67.0 Å². The van der Waals surface area contributed by atoms with Gasteiger partial charge in [-0.3, -0.25) is 4.99 Å². The number of nitrogens with zero attached hydrogens (tertiary/aromatic N) is 1. The van der Waals surface area contributed by atoms with E-state index in [0.717, 1.165) is 4.47 Å². The highest BCUT2D eigenvalue weighted by atomic mass is 79.9. The van der Waals surface area contributed by atoms with Crippen molar-refractivity contribution in [3.63, 3.8) is 0 Å². The van der Waals surface area contributed by atoms with Crippen molar-refractivity contribution in [2.24, 2.45) is 4.99 Å². The summed E-state index contributed by atoms with van der Waals surface area (Å²) in [5.41, 5.74) is 1.03. The van der Waals surface area contributed by atoms with Crippen LogP contribution in [0.5, 0.6) is 11.5 Å². The van der Waals surface area contributed by atoms with E-state index in [2.05, 4.69) is 36.9 Å². The average Bonchev–Trinajstić information content (AvgIpc) is 2.44. The number of halogens is 4. The number of phenolic OH excluding ortho intramolecular Hbond substituents is 1. The summed E-state index contributed by atoms with van der Waals surface area (Å²) in [4.78, 5) is 4.27. The van der Waals surface area contributed by atoms with Crippen molar-refractivity contribution in [2.45, 2.75) is 0 Å². The molecule has 2 aromatic rings. The number of rotatable bonds is 3. The molecule has 0 spiro atoms. The molecule has 0 fully saturated rings. The molecule has 0 unspecified atom stereocenters. The molecule has 0 amide bonds. The summed E-state index contributed by atoms with van der Waals surface area (Å²) < 4.78 is 6.51. The average molecular weight is 454 g/mol. The minimum absolute atomic E-state index is 0.0126. The third-order valence-corrected chi connectivity index (χ3v) is 5.20. The van der Waals surface area contributed by atoms with Crippen LogP contribution < -0.4 is 4.74 Å². The van der Waals surface area contributed by atoms with Gasteiger partial charge in [0.25, 0.3) is 0 Å². The minimum atomic E-state index is -0.0126. The third-order valence-electron chi connectivity index (χ3n) is 2.65. The second-order valence-electron chi connectivity index (χ2n) is 3.99. The maximum absolute atomic E-state index is 10.2. The Hall–Kier alpha value is -0.750. The lowest BCUT2D eigenvalue weighted by Crippen LogP contribution is -1.91. The fraction of sp³-hybridized carbons (Fsp3) is 0.0714. The van der Waals surface area contributed by atoms with Crippen LogP contribution in [0, 0.1) is 0 Å². The van der Waals surface area contributed by atoms with Gasteiger partial charge in [-0.25, -0.2) is 0 Å². The number of aromatic hydroxyl groups is 1. The molecule has 0 radical (unpaired) electrons. The van der Waals surface area contributed by atoms with Crippen LogP contribution >= 0.6 is 55.1 Å². The Morgan fingerprint density at radius 1 is 1.24 bits per heavy atom. The van der Waals surface area contributed by atoms with E-state index < -0.39 is 0 Å². The molecule has 0 heterocycles. The van der Waals surface area contributed by atoms with Gasteiger partial charge in [0, 0.05) is 20.2 Å². The van der Waals surface area contributed by atoms with Crippen molar-refractivity contribution in [3.05, 3.63) is 48.8 Å². The molecule has 110 valence electrons. The summed E-state index contributed by atoms with van der Waals surface area (Å²) in [6.07, 6.45) is 1.50. The van der Waals surface area contributed by atoms with Gasteiger partial charge < -0.3 is 9.84 Å². The number of phenols is 1. The molecule has 0 aliphatic rings. The van der Waals surface area contributed by atoms with Gasteiger partial charge in [0.1, 0.15) is 0 Å². The molecule has 0 aliphatic carbocycles. The Morgan fingerprint density at radius 2 is 1.95 bits per heavy atom. The number of benzene rings is 2. The Kier molecular flexibility index (Phi) is 5.54. The first-order chi connectivity index (χ1) is 9.93. The zero-order valence-corrected chi connectivity index (χ0v) is 15.4. The van der Waals surface area contributed by atoms with E-state index in [1.807, 2.05) is 0 Å². The SMILES string of the molecule is COc1cc(Br)c(Br)c(C=Nc2ccc(Cl)cc2Cl)c1O. The normalized spacial score (nSPS) is 11.1. The fourth-order valence-electron chi connectivity index (χ4n) is 1.61. The Labute approximate surface area is 148 Å². The summed E-state index contributed by atoms with van der Waals surface area (Å²) in [6, 6.07) is 6.65. The van der Waals surface area contributed by atoms with E-state index in [-0.39, 0.29) is 5.75 Å². The topological polar surface area (TPSA) is 41.8 Å². The van der Waals surface area contributed by atoms with Gasteiger partial charge in [0.05, 0.1) is 23.4 Å². The number of hydrogen-bond donors (Lipinski definition) is 1. The van der Waals surface area contributed by atoms with Gasteiger partial charge in [-0.2, -0.15) is 0 Å². The highest BCUT2D eigenvalue weighted by Gasteiger charge is 2.14. The largest absolute Gasteiger partial charge is 0.504 e. The molecule has 0 bridgehead atoms. The number of hydrogen-bond acceptors (Lipinski definition) is 3. The predicted octanol–water partition coefficient (Wildman–Crippen LogP) is 5.98. The maximum Gasteiger partial charge on any atom is 0.167 e. The van der Waals surface area contributed by atoms with E-state index in [0.29, 0.717) is 31.5 Å². The van der Waals surface area contributed by atoms with Gasteiger partial charge in [0.15, 0.2) is 11.5 Å². The molecule has 2 aromatic carbocycles. The van der Waals surface area contributed by atoms with Gasteiger partial charge >= 0.3 is 0 Å². The summed E-state index contributed by atoms with van der Waals surface area (Å²) in [7, 11) is 1.48. The van der Waals surface area contributed by atoms with Crippen molar-refractivity contribution in [1.82, 2.24) is 0 Å². The lowest BCUT2D eigenvalue weighted by atomic mass is 10.2. The Balaban J connectivity index is 2.48. The second-order valence-corrected chi connectivity index (χ2v) is 6.48. The quantitative estimate of drug-likeness (QED) is 0.580. The zero-order chi connectivity index (χ0) is 15.6. The molecule has 0 aliphatic heterocycles. The van der Waals surface area contributed by atoms with Crippen LogP contribution in [0.1, 0.15) is 5.56 Å². The first-order valence-electron chi connectivity index (χ1n) is 5.68. The van der Waals surface area contributed by atoms with Gasteiger partial charge in [-0.05, 0) is 56.1 Å². The molecule has 3 nitrogen and oxygen atoms in total. The lowest BCUT2D eigenvalue weighted by Gasteiger charge is -2.09. The number of ether oxygens (including phenoxy) is 1. The lowest BCUT2D eigenvalue weighted by molar-refractivity contribution is 0.372. The minimum Gasteiger partial charge on any atom is -0.504 e. The molecule has 0 aromatic heterocycles. The summed E-state index contributed by atoms with van der Waals surface area (Å²) in [6.45, 7) is 0. The Bertz CT molecular complexity index is 721. The van der Waals surface area contributed by atoms with Crippen LogP contribution in [0.15, 0.2) is 38.2 Å². The Morgan fingerprint density at radius 3 is 2.57 bits per heavy atom. The van der Waals surface area contributed by atoms with Crippen molar-refractivity contribution in [1.29, 1.82) is 0 Å². The second kappa shape index (κ2) is 7.01. The summed E-state index contributed by atoms with van der Waals surface area (Å²) >= 11 is 18.7. The molecule has 0 saturated heterocycles. The van der Waals surface area contributed by atoms with E-state index in [1.165, 1.54) is 13.3 Å². The molecular formula is C14H9Br2Cl2NO2. The highest BCUT2D eigenvalue weighted by Crippen LogP contribution is 2.40. The smallest absolute Gasteiger partial charge is 0.167 e. The van der Waals surface area contributed by atoms with Crippen molar-refractivity contribution in [3.8, 4) is 11.5 Å². The van der Waals surface area contributed by atoms with E-state index in [9.17, 15) is 5.11 Å².